The van der Waals surface area contributed by atoms with Crippen molar-refractivity contribution in [3.05, 3.63) is 65.0 Å². The molecule has 168 valence electrons. The fourth-order valence-electron chi connectivity index (χ4n) is 4.94. The van der Waals surface area contributed by atoms with E-state index in [4.69, 9.17) is 4.98 Å². The van der Waals surface area contributed by atoms with Gasteiger partial charge in [-0.3, -0.25) is 9.80 Å². The van der Waals surface area contributed by atoms with Crippen molar-refractivity contribution in [3.8, 4) is 6.07 Å². The van der Waals surface area contributed by atoms with Gasteiger partial charge in [0.15, 0.2) is 0 Å². The molecule has 1 fully saturated rings. The maximum Gasteiger partial charge on any atom is 0.123 e. The summed E-state index contributed by atoms with van der Waals surface area (Å²) in [5.41, 5.74) is 5.52. The van der Waals surface area contributed by atoms with Crippen molar-refractivity contribution in [2.24, 2.45) is 7.05 Å². The molecule has 0 saturated carbocycles. The molecular formula is C27H35N5. The number of piperazine rings is 1. The molecule has 1 saturated heterocycles. The SMILES string of the molecule is CCCCCC(c1ccc(C#N)c(C)c1)N1CCN(Cc2nc3ccccc3n2C)CC1. The van der Waals surface area contributed by atoms with Crippen LogP contribution in [0.4, 0.5) is 0 Å². The fraction of sp³-hybridized carbons (Fsp3) is 0.481. The first-order chi connectivity index (χ1) is 15.6. The Bertz CT molecular complexity index is 1090. The van der Waals surface area contributed by atoms with E-state index in [1.807, 2.05) is 6.07 Å². The lowest BCUT2D eigenvalue weighted by molar-refractivity contribution is 0.0847. The Labute approximate surface area is 192 Å². The van der Waals surface area contributed by atoms with Crippen molar-refractivity contribution in [1.82, 2.24) is 19.4 Å². The Morgan fingerprint density at radius 1 is 1.06 bits per heavy atom. The number of nitrogens with zero attached hydrogens (tertiary/aromatic N) is 5. The summed E-state index contributed by atoms with van der Waals surface area (Å²) in [6.45, 7) is 9.47. The van der Waals surface area contributed by atoms with Gasteiger partial charge < -0.3 is 4.57 Å². The Morgan fingerprint density at radius 2 is 1.84 bits per heavy atom. The van der Waals surface area contributed by atoms with E-state index in [1.54, 1.807) is 0 Å². The molecule has 1 aromatic heterocycles. The van der Waals surface area contributed by atoms with Crippen LogP contribution in [0.2, 0.25) is 0 Å². The van der Waals surface area contributed by atoms with E-state index in [2.05, 4.69) is 77.7 Å². The van der Waals surface area contributed by atoms with Crippen LogP contribution in [0.3, 0.4) is 0 Å². The standard InChI is InChI=1S/C27H35N5/c1-4-5-6-10-25(22-12-13-23(19-28)21(2)18-22)32-16-14-31(15-17-32)20-27-29-24-9-7-8-11-26(24)30(27)3/h7-9,11-13,18,25H,4-6,10,14-17,20H2,1-3H3. The van der Waals surface area contributed by atoms with Crippen molar-refractivity contribution in [2.45, 2.75) is 52.1 Å². The van der Waals surface area contributed by atoms with Crippen molar-refractivity contribution in [2.75, 3.05) is 26.2 Å². The molecule has 0 aliphatic carbocycles. The van der Waals surface area contributed by atoms with Crippen molar-refractivity contribution in [1.29, 1.82) is 5.26 Å². The van der Waals surface area contributed by atoms with Crippen LogP contribution in [-0.2, 0) is 13.6 Å². The summed E-state index contributed by atoms with van der Waals surface area (Å²) in [4.78, 5) is 10.1. The largest absolute Gasteiger partial charge is 0.330 e. The molecule has 0 bridgehead atoms. The number of aryl methyl sites for hydroxylation is 2. The van der Waals surface area contributed by atoms with Crippen LogP contribution in [0.15, 0.2) is 42.5 Å². The lowest BCUT2D eigenvalue weighted by Gasteiger charge is -2.39. The molecule has 0 spiro atoms. The minimum absolute atomic E-state index is 0.436. The zero-order valence-electron chi connectivity index (χ0n) is 19.7. The third-order valence-corrected chi connectivity index (χ3v) is 6.93. The highest BCUT2D eigenvalue weighted by atomic mass is 15.3. The number of unbranched alkanes of at least 4 members (excludes halogenated alkanes) is 2. The molecule has 3 aromatic rings. The monoisotopic (exact) mass is 429 g/mol. The Balaban J connectivity index is 1.44. The molecule has 2 aromatic carbocycles. The summed E-state index contributed by atoms with van der Waals surface area (Å²) in [5.74, 6) is 1.14. The molecule has 0 radical (unpaired) electrons. The number of imidazole rings is 1. The summed E-state index contributed by atoms with van der Waals surface area (Å²) in [6, 6.07) is 17.5. The average Bonchev–Trinajstić information content (AvgIpc) is 3.13. The van der Waals surface area contributed by atoms with Gasteiger partial charge >= 0.3 is 0 Å². The molecule has 2 heterocycles. The minimum atomic E-state index is 0.436. The molecule has 1 aliphatic heterocycles. The van der Waals surface area contributed by atoms with Crippen LogP contribution < -0.4 is 0 Å². The Kier molecular flexibility index (Phi) is 7.24. The molecular weight excluding hydrogens is 394 g/mol. The molecule has 0 amide bonds. The summed E-state index contributed by atoms with van der Waals surface area (Å²) >= 11 is 0. The van der Waals surface area contributed by atoms with Gasteiger partial charge in [-0.15, -0.1) is 0 Å². The van der Waals surface area contributed by atoms with Gasteiger partial charge in [0.05, 0.1) is 29.2 Å². The quantitative estimate of drug-likeness (QED) is 0.462. The van der Waals surface area contributed by atoms with Crippen molar-refractivity contribution >= 4 is 11.0 Å². The first-order valence-corrected chi connectivity index (χ1v) is 12.0. The number of hydrogen-bond acceptors (Lipinski definition) is 4. The topological polar surface area (TPSA) is 48.1 Å². The van der Waals surface area contributed by atoms with Gasteiger partial charge in [-0.25, -0.2) is 4.98 Å². The number of hydrogen-bond donors (Lipinski definition) is 0. The number of fused-ring (bicyclic) bond motifs is 1. The second-order valence-corrected chi connectivity index (χ2v) is 9.09. The van der Waals surface area contributed by atoms with Gasteiger partial charge in [0, 0.05) is 39.3 Å². The maximum atomic E-state index is 9.31. The van der Waals surface area contributed by atoms with E-state index in [0.29, 0.717) is 6.04 Å². The van der Waals surface area contributed by atoms with Crippen molar-refractivity contribution < 1.29 is 0 Å². The lowest BCUT2D eigenvalue weighted by atomic mass is 9.95. The third kappa shape index (κ3) is 4.87. The van der Waals surface area contributed by atoms with Crippen LogP contribution in [-0.4, -0.2) is 45.5 Å². The highest BCUT2D eigenvalue weighted by Crippen LogP contribution is 2.29. The smallest absolute Gasteiger partial charge is 0.123 e. The van der Waals surface area contributed by atoms with E-state index < -0.39 is 0 Å². The van der Waals surface area contributed by atoms with Gasteiger partial charge in [0.1, 0.15) is 5.82 Å². The second-order valence-electron chi connectivity index (χ2n) is 9.09. The summed E-state index contributed by atoms with van der Waals surface area (Å²) in [6.07, 6.45) is 4.95. The van der Waals surface area contributed by atoms with Gasteiger partial charge in [0.2, 0.25) is 0 Å². The molecule has 4 rings (SSSR count). The van der Waals surface area contributed by atoms with E-state index in [-0.39, 0.29) is 0 Å². The van der Waals surface area contributed by atoms with Crippen LogP contribution >= 0.6 is 0 Å². The molecule has 32 heavy (non-hydrogen) atoms. The predicted molar refractivity (Wildman–Crippen MR) is 130 cm³/mol. The third-order valence-electron chi connectivity index (χ3n) is 6.93. The molecule has 1 unspecified atom stereocenters. The van der Waals surface area contributed by atoms with Crippen molar-refractivity contribution in [3.63, 3.8) is 0 Å². The predicted octanol–water partition coefficient (Wildman–Crippen LogP) is 5.19. The highest BCUT2D eigenvalue weighted by molar-refractivity contribution is 5.75. The summed E-state index contributed by atoms with van der Waals surface area (Å²) in [5, 5.41) is 9.31. The van der Waals surface area contributed by atoms with E-state index in [1.165, 1.54) is 36.8 Å². The average molecular weight is 430 g/mol. The molecule has 5 heteroatoms. The number of para-hydroxylation sites is 2. The summed E-state index contributed by atoms with van der Waals surface area (Å²) in [7, 11) is 2.12. The number of benzene rings is 2. The molecule has 1 atom stereocenters. The summed E-state index contributed by atoms with van der Waals surface area (Å²) < 4.78 is 2.23. The first kappa shape index (κ1) is 22.5. The number of nitriles is 1. The first-order valence-electron chi connectivity index (χ1n) is 12.0. The highest BCUT2D eigenvalue weighted by Gasteiger charge is 2.26. The number of rotatable bonds is 8. The lowest BCUT2D eigenvalue weighted by Crippen LogP contribution is -2.47. The fourth-order valence-corrected chi connectivity index (χ4v) is 4.94. The normalized spacial score (nSPS) is 16.3. The second kappa shape index (κ2) is 10.3. The van der Waals surface area contributed by atoms with Crippen LogP contribution in [0.25, 0.3) is 11.0 Å². The van der Waals surface area contributed by atoms with Crippen LogP contribution in [0, 0.1) is 18.3 Å². The zero-order chi connectivity index (χ0) is 22.5. The van der Waals surface area contributed by atoms with Crippen LogP contribution in [0.1, 0.15) is 61.2 Å². The van der Waals surface area contributed by atoms with Gasteiger partial charge in [-0.2, -0.15) is 5.26 Å². The van der Waals surface area contributed by atoms with E-state index >= 15 is 0 Å². The van der Waals surface area contributed by atoms with E-state index in [9.17, 15) is 5.26 Å². The zero-order valence-corrected chi connectivity index (χ0v) is 19.7. The van der Waals surface area contributed by atoms with Gasteiger partial charge in [-0.1, -0.05) is 50.5 Å². The minimum Gasteiger partial charge on any atom is -0.330 e. The molecule has 0 N–H and O–H groups in total. The van der Waals surface area contributed by atoms with Gasteiger partial charge in [0.25, 0.3) is 0 Å². The Hall–Kier alpha value is -2.68. The number of aromatic nitrogens is 2. The maximum absolute atomic E-state index is 9.31. The van der Waals surface area contributed by atoms with E-state index in [0.717, 1.165) is 55.2 Å². The van der Waals surface area contributed by atoms with Crippen LogP contribution in [0.5, 0.6) is 0 Å². The van der Waals surface area contributed by atoms with Gasteiger partial charge in [-0.05, 0) is 42.7 Å². The Morgan fingerprint density at radius 3 is 2.53 bits per heavy atom. The molecule has 1 aliphatic rings. The molecule has 5 nitrogen and oxygen atoms in total.